The molecule has 1 aliphatic carbocycles. The monoisotopic (exact) mass is 1360 g/mol. The van der Waals surface area contributed by atoms with Crippen LogP contribution in [0, 0.1) is 24.7 Å². The van der Waals surface area contributed by atoms with Crippen molar-refractivity contribution < 1.29 is 43.4 Å². The van der Waals surface area contributed by atoms with Crippen molar-refractivity contribution in [3.8, 4) is 43.4 Å². The fourth-order valence-electron chi connectivity index (χ4n) is 11.2. The number of hydrogen-bond donors (Lipinski definition) is 8. The van der Waals surface area contributed by atoms with Crippen molar-refractivity contribution in [1.29, 1.82) is 0 Å². The number of aryl methyl sites for hydroxylation is 1. The van der Waals surface area contributed by atoms with Gasteiger partial charge in [0, 0.05) is 110 Å². The van der Waals surface area contributed by atoms with E-state index in [2.05, 4.69) is 42.1 Å². The third-order valence-electron chi connectivity index (χ3n) is 16.3. The van der Waals surface area contributed by atoms with Crippen molar-refractivity contribution in [2.45, 2.75) is 90.0 Å². The zero-order valence-corrected chi connectivity index (χ0v) is 55.9. The first-order chi connectivity index (χ1) is 44.5. The van der Waals surface area contributed by atoms with E-state index < -0.39 is 48.4 Å². The molecule has 1 aromatic carbocycles. The minimum absolute atomic E-state index is 0.0313. The Hall–Kier alpha value is -7.52. The molecule has 0 unspecified atom stereocenters. The fraction of sp³-hybridized carbons (Fsp3) is 0.419. The minimum atomic E-state index is -1.27. The maximum atomic E-state index is 14.4. The number of ether oxygens (including phenoxy) is 1. The van der Waals surface area contributed by atoms with Gasteiger partial charge in [-0.15, -0.1) is 68.0 Å². The molecule has 10 bridgehead atoms. The first kappa shape index (κ1) is 66.0. The average Bonchev–Trinajstić information content (AvgIpc) is 1.63. The number of aliphatic hydroxyl groups is 1. The van der Waals surface area contributed by atoms with Crippen LogP contribution in [0.3, 0.4) is 0 Å². The third-order valence-corrected chi connectivity index (χ3v) is 22.0. The number of ketones is 1. The van der Waals surface area contributed by atoms with Crippen LogP contribution in [-0.4, -0.2) is 146 Å². The van der Waals surface area contributed by atoms with Crippen LogP contribution in [-0.2, 0) is 30.5 Å². The highest BCUT2D eigenvalue weighted by Crippen LogP contribution is 2.41. The minimum Gasteiger partial charge on any atom is -0.386 e. The van der Waals surface area contributed by atoms with Crippen LogP contribution in [0.15, 0.2) is 64.0 Å². The lowest BCUT2D eigenvalue weighted by Crippen LogP contribution is -2.46. The molecule has 6 amide bonds. The molecule has 8 aromatic rings. The summed E-state index contributed by atoms with van der Waals surface area (Å²) in [6, 6.07) is 10.4. The number of amides is 6. The Morgan fingerprint density at radius 2 is 1.41 bits per heavy atom. The average molecular weight is 1360 g/mol. The van der Waals surface area contributed by atoms with Crippen LogP contribution < -0.4 is 37.2 Å². The highest BCUT2D eigenvalue weighted by molar-refractivity contribution is 7.15. The number of rotatable bonds is 14. The Morgan fingerprint density at radius 1 is 0.717 bits per heavy atom. The second-order valence-corrected chi connectivity index (χ2v) is 28.7. The molecule has 2 aliphatic heterocycles. The van der Waals surface area contributed by atoms with Gasteiger partial charge in [-0.2, -0.15) is 0 Å². The van der Waals surface area contributed by atoms with Crippen LogP contribution in [0.2, 0.25) is 0 Å². The summed E-state index contributed by atoms with van der Waals surface area (Å²) in [5.74, 6) is -3.32. The summed E-state index contributed by atoms with van der Waals surface area (Å²) in [5, 5.41) is 42.2. The van der Waals surface area contributed by atoms with Crippen LogP contribution in [0.1, 0.15) is 138 Å². The molecule has 1 saturated carbocycles. The predicted octanol–water partition coefficient (Wildman–Crippen LogP) is 7.96. The van der Waals surface area contributed by atoms with Gasteiger partial charge in [0.2, 0.25) is 23.6 Å². The number of fused-ring (bicyclic) bond motifs is 14. The summed E-state index contributed by atoms with van der Waals surface area (Å²) in [4.78, 5) is 135. The Morgan fingerprint density at radius 3 is 2.16 bits per heavy atom. The van der Waals surface area contributed by atoms with Gasteiger partial charge >= 0.3 is 0 Å². The second-order valence-electron chi connectivity index (χ2n) is 22.9. The van der Waals surface area contributed by atoms with Crippen molar-refractivity contribution >= 4 is 115 Å². The smallest absolute Gasteiger partial charge is 0.271 e. The summed E-state index contributed by atoms with van der Waals surface area (Å²) >= 11 is 7.41. The summed E-state index contributed by atoms with van der Waals surface area (Å²) in [6.45, 7) is 10.4. The van der Waals surface area contributed by atoms with Crippen LogP contribution >= 0.6 is 68.0 Å². The molecule has 0 radical (unpaired) electrons. The number of piperazine rings is 1. The van der Waals surface area contributed by atoms with E-state index in [1.807, 2.05) is 31.4 Å². The number of nitrogens with one attached hydrogen (secondary N) is 7. The first-order valence-corrected chi connectivity index (χ1v) is 35.3. The van der Waals surface area contributed by atoms with Gasteiger partial charge in [0.05, 0.1) is 41.2 Å². The number of Topliss-reactive ketones (excluding diaryl/α,β-unsaturated/α-hetero) is 1. The van der Waals surface area contributed by atoms with Crippen LogP contribution in [0.5, 0.6) is 0 Å². The number of nitrogens with zero attached hydrogens (tertiary/aromatic N) is 8. The van der Waals surface area contributed by atoms with Crippen molar-refractivity contribution in [3.63, 3.8) is 0 Å². The largest absolute Gasteiger partial charge is 0.386 e. The Kier molecular flexibility index (Phi) is 21.5. The zero-order chi connectivity index (χ0) is 64.6. The molecular formula is C62H69N15O9S6. The molecule has 8 N–H and O–H groups in total. The molecule has 1 saturated heterocycles. The van der Waals surface area contributed by atoms with Gasteiger partial charge in [-0.25, -0.2) is 34.9 Å². The molecule has 482 valence electrons. The molecule has 11 rings (SSSR count). The highest BCUT2D eigenvalue weighted by Gasteiger charge is 2.35. The normalized spacial score (nSPS) is 19.8. The lowest BCUT2D eigenvalue weighted by Gasteiger charge is -2.29. The zero-order valence-electron chi connectivity index (χ0n) is 51.0. The number of anilines is 1. The van der Waals surface area contributed by atoms with Gasteiger partial charge in [-0.1, -0.05) is 44.2 Å². The maximum Gasteiger partial charge on any atom is 0.271 e. The summed E-state index contributed by atoms with van der Waals surface area (Å²) in [6.07, 6.45) is 0.888. The molecule has 2 fully saturated rings. The van der Waals surface area contributed by atoms with Gasteiger partial charge in [0.15, 0.2) is 5.78 Å². The quantitative estimate of drug-likeness (QED) is 0.0511. The third kappa shape index (κ3) is 15.6. The lowest BCUT2D eigenvalue weighted by molar-refractivity contribution is -0.128. The van der Waals surface area contributed by atoms with E-state index in [0.29, 0.717) is 112 Å². The summed E-state index contributed by atoms with van der Waals surface area (Å²) in [7, 11) is 2.98. The standard InChI is InChI=1S/C62H69N15O9S6/c1-31(2)37-23-43(78)48-32(3)91-61(75-48)39(24-46(79)63-4)68-55(84)41-28-87-57(70-41)36-15-16-38(59-73-45(30-90-59)72-54(83)35-13-11-34(12-14-35)53(82)65-19-22-77-20-17-64-18-21-77)67-49(36)40-27-88-60(69-40)42-29-89-62(71-42)51(52(81)33-9-7-6-8-10-33)74-47(80)25-66-56(85)50-44(26-86-5)92-58(37)76-50/h6-10,15-16,27-31,34-35,37,39,51-52,64,81H,11-14,17-26H2,1-5H3,(H,63,79)(H,65,82)(H,66,85)(H,68,84)(H,72,83)(H,74,80)/t34?,35?,37-,39-,51-,52-/m0/s1. The highest BCUT2D eigenvalue weighted by atomic mass is 32.1. The van der Waals surface area contributed by atoms with Gasteiger partial charge in [0.1, 0.15) is 77.2 Å². The Balaban J connectivity index is 0.903. The number of aromatic nitrogens is 7. The van der Waals surface area contributed by atoms with Gasteiger partial charge in [-0.05, 0) is 56.2 Å². The van der Waals surface area contributed by atoms with Gasteiger partial charge in [0.25, 0.3) is 11.8 Å². The van der Waals surface area contributed by atoms with E-state index in [9.17, 15) is 38.7 Å². The molecule has 4 atom stereocenters. The van der Waals surface area contributed by atoms with Gasteiger partial charge in [-0.3, -0.25) is 38.5 Å². The Labute approximate surface area is 554 Å². The van der Waals surface area contributed by atoms with Crippen LogP contribution in [0.4, 0.5) is 5.82 Å². The topological polar surface area (TPSA) is 327 Å². The lowest BCUT2D eigenvalue weighted by atomic mass is 9.81. The molecule has 0 spiro atoms. The fourth-order valence-corrected chi connectivity index (χ4v) is 16.7. The molecule has 24 nitrogen and oxygen atoms in total. The van der Waals surface area contributed by atoms with E-state index >= 15 is 0 Å². The Bertz CT molecular complexity index is 3980. The molecular weight excluding hydrogens is 1290 g/mol. The van der Waals surface area contributed by atoms with Crippen molar-refractivity contribution in [2.75, 3.05) is 65.3 Å². The molecule has 30 heteroatoms. The van der Waals surface area contributed by atoms with E-state index in [1.165, 1.54) is 82.2 Å². The molecule has 9 heterocycles. The molecule has 3 aliphatic rings. The summed E-state index contributed by atoms with van der Waals surface area (Å²) in [5.41, 5.74) is 3.02. The van der Waals surface area contributed by atoms with Crippen molar-refractivity contribution in [2.24, 2.45) is 17.8 Å². The first-order valence-electron chi connectivity index (χ1n) is 30.2. The number of benzene rings is 1. The summed E-state index contributed by atoms with van der Waals surface area (Å²) < 4.78 is 5.49. The number of pyridine rings is 1. The van der Waals surface area contributed by atoms with Crippen molar-refractivity contribution in [1.82, 2.24) is 71.7 Å². The second kappa shape index (κ2) is 30.0. The molecule has 7 aromatic heterocycles. The number of thiazole rings is 6. The number of carbonyl (C=O) groups excluding carboxylic acids is 7. The predicted molar refractivity (Wildman–Crippen MR) is 355 cm³/mol. The van der Waals surface area contributed by atoms with Gasteiger partial charge < -0.3 is 47.1 Å². The van der Waals surface area contributed by atoms with E-state index in [-0.39, 0.29) is 77.8 Å². The van der Waals surface area contributed by atoms with Crippen LogP contribution in [0.25, 0.3) is 43.4 Å². The number of methoxy groups -OCH3 is 1. The SMILES string of the molecule is CNC(=O)C[C@@H]1NC(=O)c2csc(n2)-c2ccc(-c3nc(NC(=O)C4CCC(C(=O)NCCN5CCNCC5)CC4)cs3)nc2-c2csc(n2)-c2csc(n2)[C@H]([C@@H](O)c2ccccc2)NC(=O)CNC(=O)c2nc(sc2COC)[C@H](C(C)C)CC(=O)c2nc1sc2C. The van der Waals surface area contributed by atoms with Crippen molar-refractivity contribution in [3.05, 3.63) is 111 Å². The van der Waals surface area contributed by atoms with E-state index in [1.54, 1.807) is 53.4 Å². The van der Waals surface area contributed by atoms with E-state index in [0.717, 1.165) is 32.7 Å². The maximum absolute atomic E-state index is 14.4. The number of carbonyl (C=O) groups is 7. The number of aliphatic hydroxyl groups excluding tert-OH is 1. The molecule has 92 heavy (non-hydrogen) atoms. The number of hydrogen-bond acceptors (Lipinski definition) is 24. The van der Waals surface area contributed by atoms with E-state index in [4.69, 9.17) is 39.6 Å².